The minimum Gasteiger partial charge on any atom is -0.460 e. The van der Waals surface area contributed by atoms with E-state index in [-0.39, 0.29) is 19.8 Å². The van der Waals surface area contributed by atoms with Crippen molar-refractivity contribution >= 4 is 37.3 Å². The highest BCUT2D eigenvalue weighted by Gasteiger charge is 2.39. The van der Waals surface area contributed by atoms with Crippen molar-refractivity contribution < 1.29 is 36.8 Å². The first-order valence-electron chi connectivity index (χ1n) is 13.0. The third-order valence-electron chi connectivity index (χ3n) is 5.03. The number of carbonyl (C=O) groups is 2. The first-order chi connectivity index (χ1) is 16.7. The molecule has 9 nitrogen and oxygen atoms in total. The summed E-state index contributed by atoms with van der Waals surface area (Å²) in [6.45, 7) is 22.9. The maximum Gasteiger partial charge on any atom is 0.407 e. The first-order valence-corrected chi connectivity index (χ1v) is 22.0. The average Bonchev–Trinajstić information content (AvgIpc) is 2.74. The number of rotatable bonds is 21. The van der Waals surface area contributed by atoms with Crippen molar-refractivity contribution in [2.24, 2.45) is 0 Å². The molecule has 0 aromatic heterocycles. The standard InChI is InChI=1S/C24H51NO8Si3/c1-10-11-20-34(4,5)32-36(8,9)33-35(6,7)21-12-14-28-17-19-31-24(27)25-13-15-29-16-18-30-23(26)22(2)3/h2,10-21H2,1,3-9H3,(H,25,27). The van der Waals surface area contributed by atoms with Crippen LogP contribution in [0.2, 0.25) is 51.4 Å². The van der Waals surface area contributed by atoms with Crippen LogP contribution in [0.1, 0.15) is 33.1 Å². The molecule has 0 aromatic carbocycles. The molecular formula is C24H51NO8Si3. The van der Waals surface area contributed by atoms with Crippen molar-refractivity contribution in [2.75, 3.05) is 46.2 Å². The third kappa shape index (κ3) is 20.1. The Kier molecular flexibility index (Phi) is 17.7. The smallest absolute Gasteiger partial charge is 0.407 e. The van der Waals surface area contributed by atoms with E-state index in [1.165, 1.54) is 18.9 Å². The molecule has 0 rings (SSSR count). The molecule has 0 fully saturated rings. The lowest BCUT2D eigenvalue weighted by Gasteiger charge is -2.38. The molecule has 212 valence electrons. The van der Waals surface area contributed by atoms with Crippen LogP contribution < -0.4 is 5.32 Å². The van der Waals surface area contributed by atoms with Crippen molar-refractivity contribution in [2.45, 2.75) is 84.5 Å². The predicted molar refractivity (Wildman–Crippen MR) is 151 cm³/mol. The third-order valence-corrected chi connectivity index (χ3v) is 16.5. The fraction of sp³-hybridized carbons (Fsp3) is 0.833. The van der Waals surface area contributed by atoms with E-state index < -0.39 is 37.3 Å². The van der Waals surface area contributed by atoms with Crippen LogP contribution in [0.5, 0.6) is 0 Å². The monoisotopic (exact) mass is 565 g/mol. The van der Waals surface area contributed by atoms with E-state index in [0.29, 0.717) is 31.9 Å². The topological polar surface area (TPSA) is 102 Å². The van der Waals surface area contributed by atoms with Gasteiger partial charge in [0, 0.05) is 18.7 Å². The lowest BCUT2D eigenvalue weighted by Crippen LogP contribution is -2.52. The number of hydrogen-bond donors (Lipinski definition) is 1. The van der Waals surface area contributed by atoms with Gasteiger partial charge in [-0.1, -0.05) is 26.3 Å². The number of nitrogens with one attached hydrogen (secondary N) is 1. The van der Waals surface area contributed by atoms with Gasteiger partial charge in [-0.05, 0) is 64.7 Å². The van der Waals surface area contributed by atoms with Gasteiger partial charge >= 0.3 is 20.6 Å². The van der Waals surface area contributed by atoms with Crippen LogP contribution in [0.25, 0.3) is 0 Å². The van der Waals surface area contributed by atoms with Crippen LogP contribution in [0, 0.1) is 0 Å². The number of amides is 1. The molecule has 0 aliphatic carbocycles. The van der Waals surface area contributed by atoms with Gasteiger partial charge in [0.25, 0.3) is 0 Å². The molecule has 0 aromatic rings. The number of ether oxygens (including phenoxy) is 4. The van der Waals surface area contributed by atoms with E-state index in [4.69, 9.17) is 27.2 Å². The van der Waals surface area contributed by atoms with Gasteiger partial charge in [0.1, 0.15) is 13.2 Å². The lowest BCUT2D eigenvalue weighted by atomic mass is 10.4. The molecule has 0 aliphatic rings. The average molecular weight is 566 g/mol. The Morgan fingerprint density at radius 1 is 0.750 bits per heavy atom. The van der Waals surface area contributed by atoms with Gasteiger partial charge in [-0.2, -0.15) is 0 Å². The fourth-order valence-electron chi connectivity index (χ4n) is 3.65. The lowest BCUT2D eigenvalue weighted by molar-refractivity contribution is -0.140. The van der Waals surface area contributed by atoms with E-state index in [9.17, 15) is 9.59 Å². The Morgan fingerprint density at radius 3 is 1.83 bits per heavy atom. The van der Waals surface area contributed by atoms with Gasteiger partial charge < -0.3 is 32.5 Å². The van der Waals surface area contributed by atoms with E-state index in [2.05, 4.69) is 58.1 Å². The molecule has 1 N–H and O–H groups in total. The molecule has 12 heteroatoms. The molecule has 36 heavy (non-hydrogen) atoms. The molecule has 0 radical (unpaired) electrons. The van der Waals surface area contributed by atoms with E-state index in [1.54, 1.807) is 6.92 Å². The molecule has 0 heterocycles. The summed E-state index contributed by atoms with van der Waals surface area (Å²) in [5.41, 5.74) is 0.345. The highest BCUT2D eigenvalue weighted by molar-refractivity contribution is 6.87. The summed E-state index contributed by atoms with van der Waals surface area (Å²) in [7, 11) is -5.70. The maximum atomic E-state index is 11.7. The minimum atomic E-state index is -2.16. The summed E-state index contributed by atoms with van der Waals surface area (Å²) >= 11 is 0. The quantitative estimate of drug-likeness (QED) is 0.0877. The van der Waals surface area contributed by atoms with Gasteiger partial charge in [0.05, 0.1) is 19.8 Å². The number of hydrogen-bond acceptors (Lipinski definition) is 8. The van der Waals surface area contributed by atoms with Crippen LogP contribution in [-0.2, 0) is 32.0 Å². The van der Waals surface area contributed by atoms with Gasteiger partial charge in [0.15, 0.2) is 16.6 Å². The van der Waals surface area contributed by atoms with Crippen LogP contribution >= 0.6 is 0 Å². The normalized spacial score (nSPS) is 12.3. The highest BCUT2D eigenvalue weighted by Crippen LogP contribution is 2.26. The van der Waals surface area contributed by atoms with Gasteiger partial charge in [0.2, 0.25) is 0 Å². The van der Waals surface area contributed by atoms with Crippen LogP contribution in [0.15, 0.2) is 12.2 Å². The zero-order valence-electron chi connectivity index (χ0n) is 24.0. The molecular weight excluding hydrogens is 515 g/mol. The van der Waals surface area contributed by atoms with Crippen molar-refractivity contribution in [3.63, 3.8) is 0 Å². The van der Waals surface area contributed by atoms with Gasteiger partial charge in [-0.25, -0.2) is 9.59 Å². The Bertz CT molecular complexity index is 659. The Hall–Kier alpha value is -1.03. The maximum absolute atomic E-state index is 11.7. The molecule has 0 atom stereocenters. The second-order valence-electron chi connectivity index (χ2n) is 10.5. The van der Waals surface area contributed by atoms with Crippen LogP contribution in [0.3, 0.4) is 0 Å². The molecule has 0 unspecified atom stereocenters. The molecule has 0 aliphatic heterocycles. The summed E-state index contributed by atoms with van der Waals surface area (Å²) in [5, 5.41) is 2.59. The summed E-state index contributed by atoms with van der Waals surface area (Å²) in [6, 6.07) is 2.18. The predicted octanol–water partition coefficient (Wildman–Crippen LogP) is 5.20. The Balaban J connectivity index is 3.84. The summed E-state index contributed by atoms with van der Waals surface area (Å²) in [5.74, 6) is -0.444. The van der Waals surface area contributed by atoms with Crippen molar-refractivity contribution in [3.05, 3.63) is 12.2 Å². The molecule has 1 amide bonds. The largest absolute Gasteiger partial charge is 0.460 e. The number of alkyl carbamates (subject to hydrolysis) is 1. The van der Waals surface area contributed by atoms with Gasteiger partial charge in [-0.3, -0.25) is 0 Å². The summed E-state index contributed by atoms with van der Waals surface area (Å²) in [4.78, 5) is 22.9. The van der Waals surface area contributed by atoms with Crippen molar-refractivity contribution in [1.29, 1.82) is 0 Å². The van der Waals surface area contributed by atoms with E-state index in [0.717, 1.165) is 12.5 Å². The summed E-state index contributed by atoms with van der Waals surface area (Å²) < 4.78 is 34.1. The zero-order valence-corrected chi connectivity index (χ0v) is 27.0. The Morgan fingerprint density at radius 2 is 1.28 bits per heavy atom. The van der Waals surface area contributed by atoms with Gasteiger partial charge in [-0.15, -0.1) is 0 Å². The number of carbonyl (C=O) groups excluding carboxylic acids is 2. The molecule has 0 saturated heterocycles. The van der Waals surface area contributed by atoms with Crippen molar-refractivity contribution in [3.8, 4) is 0 Å². The van der Waals surface area contributed by atoms with E-state index in [1.807, 2.05) is 0 Å². The first kappa shape index (κ1) is 35.0. The van der Waals surface area contributed by atoms with E-state index >= 15 is 0 Å². The molecule has 0 bridgehead atoms. The molecule has 0 spiro atoms. The highest BCUT2D eigenvalue weighted by atomic mass is 28.5. The van der Waals surface area contributed by atoms with Crippen LogP contribution in [-0.4, -0.2) is 83.4 Å². The Labute approximate surface area is 222 Å². The second kappa shape index (κ2) is 18.3. The van der Waals surface area contributed by atoms with Crippen molar-refractivity contribution in [1.82, 2.24) is 5.32 Å². The SMILES string of the molecule is C=C(C)C(=O)OCCOCCNC(=O)OCCOCCC[Si](C)(C)O[Si](C)(C)O[Si](C)(C)CCCC. The minimum absolute atomic E-state index is 0.144. The fourth-order valence-corrected chi connectivity index (χ4v) is 17.9. The van der Waals surface area contributed by atoms with Crippen LogP contribution in [0.4, 0.5) is 4.79 Å². The summed E-state index contributed by atoms with van der Waals surface area (Å²) in [6.07, 6.45) is 2.81. The number of esters is 1. The zero-order chi connectivity index (χ0) is 27.7. The number of unbranched alkanes of at least 4 members (excludes halogenated alkanes) is 1. The second-order valence-corrected chi connectivity index (χ2v) is 23.0. The molecule has 0 saturated carbocycles.